The third-order valence-corrected chi connectivity index (χ3v) is 4.47. The van der Waals surface area contributed by atoms with Crippen molar-refractivity contribution in [3.05, 3.63) is 18.2 Å². The molecule has 1 unspecified atom stereocenters. The second-order valence-corrected chi connectivity index (χ2v) is 6.24. The van der Waals surface area contributed by atoms with Gasteiger partial charge >= 0.3 is 0 Å². The molecular weight excluding hydrogens is 266 g/mol. The maximum atomic E-state index is 12.4. The Balaban J connectivity index is 3.20. The van der Waals surface area contributed by atoms with Crippen LogP contribution in [0.25, 0.3) is 0 Å². The van der Waals surface area contributed by atoms with E-state index in [1.165, 1.54) is 26.3 Å². The van der Waals surface area contributed by atoms with Crippen LogP contribution >= 0.6 is 0 Å². The lowest BCUT2D eigenvalue weighted by atomic mass is 10.2. The third kappa shape index (κ3) is 3.36. The number of anilines is 1. The Labute approximate surface area is 113 Å². The van der Waals surface area contributed by atoms with Gasteiger partial charge in [0.25, 0.3) is 0 Å². The Morgan fingerprint density at radius 2 is 2.16 bits per heavy atom. The summed E-state index contributed by atoms with van der Waals surface area (Å²) in [6, 6.07) is 6.42. The summed E-state index contributed by atoms with van der Waals surface area (Å²) in [6.07, 6.45) is 0. The van der Waals surface area contributed by atoms with Crippen molar-refractivity contribution in [2.24, 2.45) is 5.92 Å². The summed E-state index contributed by atoms with van der Waals surface area (Å²) in [5.74, 6) is -0.169. The first kappa shape index (κ1) is 15.3. The summed E-state index contributed by atoms with van der Waals surface area (Å²) in [5, 5.41) is 8.75. The number of rotatable bonds is 5. The predicted octanol–water partition coefficient (Wildman–Crippen LogP) is 1.06. The Bertz CT molecular complexity index is 593. The lowest BCUT2D eigenvalue weighted by Crippen LogP contribution is -2.31. The molecule has 104 valence electrons. The molecule has 0 bridgehead atoms. The first-order chi connectivity index (χ1) is 8.82. The molecule has 1 aromatic rings. The number of hydrogen-bond donors (Lipinski definition) is 1. The average molecular weight is 283 g/mol. The molecule has 0 saturated heterocycles. The van der Waals surface area contributed by atoms with Crippen molar-refractivity contribution in [2.45, 2.75) is 11.8 Å². The quantitative estimate of drug-likeness (QED) is 0.815. The lowest BCUT2D eigenvalue weighted by molar-refractivity contribution is 0.395. The number of sulfonamides is 1. The second kappa shape index (κ2) is 5.91. The number of nitrogens with two attached hydrogens (primary N) is 1. The minimum atomic E-state index is -3.73. The molecule has 0 heterocycles. The molecule has 0 aliphatic heterocycles. The predicted molar refractivity (Wildman–Crippen MR) is 72.0 cm³/mol. The van der Waals surface area contributed by atoms with E-state index in [9.17, 15) is 8.42 Å². The van der Waals surface area contributed by atoms with Gasteiger partial charge < -0.3 is 10.5 Å². The number of nitriles is 1. The second-order valence-electron chi connectivity index (χ2n) is 4.23. The van der Waals surface area contributed by atoms with E-state index in [0.29, 0.717) is 5.69 Å². The van der Waals surface area contributed by atoms with Crippen molar-refractivity contribution in [3.63, 3.8) is 0 Å². The highest BCUT2D eigenvalue weighted by Crippen LogP contribution is 2.28. The van der Waals surface area contributed by atoms with E-state index in [4.69, 9.17) is 15.7 Å². The van der Waals surface area contributed by atoms with Crippen LogP contribution in [-0.2, 0) is 10.0 Å². The third-order valence-electron chi connectivity index (χ3n) is 2.63. The van der Waals surface area contributed by atoms with E-state index in [1.54, 1.807) is 13.0 Å². The largest absolute Gasteiger partial charge is 0.495 e. The molecule has 7 heteroatoms. The average Bonchev–Trinajstić information content (AvgIpc) is 2.38. The molecule has 0 aliphatic carbocycles. The van der Waals surface area contributed by atoms with Gasteiger partial charge in [0.15, 0.2) is 0 Å². The molecule has 0 spiro atoms. The number of hydrogen-bond acceptors (Lipinski definition) is 5. The fourth-order valence-corrected chi connectivity index (χ4v) is 3.03. The van der Waals surface area contributed by atoms with Crippen LogP contribution in [0.4, 0.5) is 5.69 Å². The Hall–Kier alpha value is -1.78. The SMILES string of the molecule is COc1ccc(N)cc1S(=O)(=O)N(C)CC(C)C#N. The van der Waals surface area contributed by atoms with Crippen molar-refractivity contribution in [1.29, 1.82) is 5.26 Å². The highest BCUT2D eigenvalue weighted by molar-refractivity contribution is 7.89. The van der Waals surface area contributed by atoms with Crippen LogP contribution in [0.2, 0.25) is 0 Å². The maximum Gasteiger partial charge on any atom is 0.246 e. The highest BCUT2D eigenvalue weighted by atomic mass is 32.2. The van der Waals surface area contributed by atoms with E-state index in [2.05, 4.69) is 0 Å². The Kier molecular flexibility index (Phi) is 4.75. The summed E-state index contributed by atoms with van der Waals surface area (Å²) in [7, 11) is -0.918. The molecule has 1 atom stereocenters. The molecule has 1 rings (SSSR count). The monoisotopic (exact) mass is 283 g/mol. The van der Waals surface area contributed by atoms with Gasteiger partial charge in [0.2, 0.25) is 10.0 Å². The molecule has 0 fully saturated rings. The van der Waals surface area contributed by atoms with E-state index >= 15 is 0 Å². The molecule has 2 N–H and O–H groups in total. The van der Waals surface area contributed by atoms with Gasteiger partial charge in [0.1, 0.15) is 10.6 Å². The standard InChI is InChI=1S/C12H17N3O3S/c1-9(7-13)8-15(2)19(16,17)12-6-10(14)4-5-11(12)18-3/h4-6,9H,8,14H2,1-3H3. The smallest absolute Gasteiger partial charge is 0.246 e. The highest BCUT2D eigenvalue weighted by Gasteiger charge is 2.26. The minimum absolute atomic E-state index is 0.00244. The fourth-order valence-electron chi connectivity index (χ4n) is 1.59. The topological polar surface area (TPSA) is 96.4 Å². The summed E-state index contributed by atoms with van der Waals surface area (Å²) < 4.78 is 31.0. The van der Waals surface area contributed by atoms with Gasteiger partial charge in [-0.3, -0.25) is 0 Å². The summed E-state index contributed by atoms with van der Waals surface area (Å²) >= 11 is 0. The van der Waals surface area contributed by atoms with Gasteiger partial charge in [-0.2, -0.15) is 9.57 Å². The van der Waals surface area contributed by atoms with Gasteiger partial charge in [0.05, 0.1) is 19.1 Å². The lowest BCUT2D eigenvalue weighted by Gasteiger charge is -2.19. The summed E-state index contributed by atoms with van der Waals surface area (Å²) in [5.41, 5.74) is 5.95. The number of ether oxygens (including phenoxy) is 1. The minimum Gasteiger partial charge on any atom is -0.495 e. The Morgan fingerprint density at radius 3 is 2.68 bits per heavy atom. The zero-order valence-corrected chi connectivity index (χ0v) is 11.9. The van der Waals surface area contributed by atoms with Crippen LogP contribution in [0.15, 0.2) is 23.1 Å². The molecular formula is C12H17N3O3S. The fraction of sp³-hybridized carbons (Fsp3) is 0.417. The van der Waals surface area contributed by atoms with Crippen LogP contribution in [0.5, 0.6) is 5.75 Å². The molecule has 19 heavy (non-hydrogen) atoms. The molecule has 0 saturated carbocycles. The van der Waals surface area contributed by atoms with Gasteiger partial charge in [-0.1, -0.05) is 0 Å². The van der Waals surface area contributed by atoms with Crippen LogP contribution in [0, 0.1) is 17.2 Å². The number of nitrogen functional groups attached to an aromatic ring is 1. The van der Waals surface area contributed by atoms with Crippen molar-refractivity contribution in [3.8, 4) is 11.8 Å². The van der Waals surface area contributed by atoms with E-state index in [1.807, 2.05) is 6.07 Å². The van der Waals surface area contributed by atoms with Gasteiger partial charge in [-0.05, 0) is 25.1 Å². The van der Waals surface area contributed by atoms with Crippen LogP contribution < -0.4 is 10.5 Å². The van der Waals surface area contributed by atoms with Crippen LogP contribution in [0.1, 0.15) is 6.92 Å². The van der Waals surface area contributed by atoms with Gasteiger partial charge in [-0.25, -0.2) is 8.42 Å². The molecule has 0 aliphatic rings. The molecule has 0 radical (unpaired) electrons. The normalized spacial score (nSPS) is 13.0. The maximum absolute atomic E-state index is 12.4. The van der Waals surface area contributed by atoms with Crippen molar-refractivity contribution < 1.29 is 13.2 Å². The molecule has 6 nitrogen and oxygen atoms in total. The molecule has 0 aromatic heterocycles. The van der Waals surface area contributed by atoms with Crippen molar-refractivity contribution >= 4 is 15.7 Å². The summed E-state index contributed by atoms with van der Waals surface area (Å²) in [4.78, 5) is 0.00244. The van der Waals surface area contributed by atoms with Crippen molar-refractivity contribution in [2.75, 3.05) is 26.4 Å². The first-order valence-corrected chi connectivity index (χ1v) is 7.06. The first-order valence-electron chi connectivity index (χ1n) is 5.62. The molecule has 1 aromatic carbocycles. The zero-order chi connectivity index (χ0) is 14.6. The van der Waals surface area contributed by atoms with Crippen LogP contribution in [-0.4, -0.2) is 33.4 Å². The van der Waals surface area contributed by atoms with E-state index in [0.717, 1.165) is 4.31 Å². The van der Waals surface area contributed by atoms with Gasteiger partial charge in [0, 0.05) is 19.3 Å². The Morgan fingerprint density at radius 1 is 1.53 bits per heavy atom. The van der Waals surface area contributed by atoms with Crippen LogP contribution in [0.3, 0.4) is 0 Å². The van der Waals surface area contributed by atoms with Crippen molar-refractivity contribution in [1.82, 2.24) is 4.31 Å². The van der Waals surface area contributed by atoms with E-state index < -0.39 is 15.9 Å². The van der Waals surface area contributed by atoms with Gasteiger partial charge in [-0.15, -0.1) is 0 Å². The van der Waals surface area contributed by atoms with E-state index in [-0.39, 0.29) is 17.2 Å². The molecule has 0 amide bonds. The summed E-state index contributed by atoms with van der Waals surface area (Å²) in [6.45, 7) is 1.76. The number of benzene rings is 1. The number of methoxy groups -OCH3 is 1. The zero-order valence-electron chi connectivity index (χ0n) is 11.1. The number of nitrogens with zero attached hydrogens (tertiary/aromatic N) is 2.